The third kappa shape index (κ3) is 3.76. The summed E-state index contributed by atoms with van der Waals surface area (Å²) in [4.78, 5) is 14.2. The van der Waals surface area contributed by atoms with E-state index in [1.165, 1.54) is 0 Å². The second-order valence-electron chi connectivity index (χ2n) is 6.80. The fraction of sp³-hybridized carbons (Fsp3) is 0.562. The number of hydrogen-bond acceptors (Lipinski definition) is 3. The minimum atomic E-state index is -0.723. The summed E-state index contributed by atoms with van der Waals surface area (Å²) in [6.07, 6.45) is -0.383. The second-order valence-corrected chi connectivity index (χ2v) is 8.06. The Morgan fingerprint density at radius 1 is 1.45 bits per heavy atom. The average molecular weight is 391 g/mol. The monoisotopic (exact) mass is 389 g/mol. The molecule has 0 bridgehead atoms. The van der Waals surface area contributed by atoms with Crippen LogP contribution in [0.15, 0.2) is 22.7 Å². The Morgan fingerprint density at radius 2 is 2.09 bits per heavy atom. The highest BCUT2D eigenvalue weighted by molar-refractivity contribution is 9.10. The van der Waals surface area contributed by atoms with Crippen molar-refractivity contribution in [3.63, 3.8) is 0 Å². The molecule has 4 nitrogen and oxygen atoms in total. The van der Waals surface area contributed by atoms with Gasteiger partial charge in [-0.25, -0.2) is 4.79 Å². The largest absolute Gasteiger partial charge is 0.444 e. The first kappa shape index (κ1) is 17.6. The van der Waals surface area contributed by atoms with Crippen molar-refractivity contribution in [2.24, 2.45) is 0 Å². The molecule has 0 aliphatic carbocycles. The van der Waals surface area contributed by atoms with E-state index in [1.54, 1.807) is 11.0 Å². The van der Waals surface area contributed by atoms with E-state index in [0.29, 0.717) is 11.6 Å². The van der Waals surface area contributed by atoms with Crippen molar-refractivity contribution in [2.45, 2.75) is 52.0 Å². The molecule has 1 fully saturated rings. The van der Waals surface area contributed by atoms with E-state index in [1.807, 2.05) is 46.8 Å². The summed E-state index contributed by atoms with van der Waals surface area (Å²) in [5, 5.41) is 0.630. The fourth-order valence-electron chi connectivity index (χ4n) is 2.43. The summed E-state index contributed by atoms with van der Waals surface area (Å²) in [5.41, 5.74) is -0.326. The summed E-state index contributed by atoms with van der Waals surface area (Å²) in [6.45, 7) is 9.69. The molecule has 1 aromatic rings. The van der Waals surface area contributed by atoms with Gasteiger partial charge in [-0.15, -0.1) is 0 Å². The third-order valence-corrected chi connectivity index (χ3v) is 4.62. The predicted molar refractivity (Wildman–Crippen MR) is 90.0 cm³/mol. The molecule has 1 heterocycles. The molecule has 1 atom stereocenters. The van der Waals surface area contributed by atoms with Crippen LogP contribution in [0.3, 0.4) is 0 Å². The summed E-state index contributed by atoms with van der Waals surface area (Å²) in [6, 6.07) is 5.41. The van der Waals surface area contributed by atoms with Crippen LogP contribution in [0.1, 0.15) is 46.2 Å². The molecule has 0 aromatic heterocycles. The summed E-state index contributed by atoms with van der Waals surface area (Å²) in [7, 11) is 0. The lowest BCUT2D eigenvalue weighted by molar-refractivity contribution is -0.0626. The lowest BCUT2D eigenvalue weighted by Crippen LogP contribution is -2.47. The van der Waals surface area contributed by atoms with E-state index in [4.69, 9.17) is 21.1 Å². The van der Waals surface area contributed by atoms with Crippen molar-refractivity contribution >= 4 is 33.6 Å². The van der Waals surface area contributed by atoms with Crippen molar-refractivity contribution in [2.75, 3.05) is 6.61 Å². The van der Waals surface area contributed by atoms with E-state index in [2.05, 4.69) is 15.9 Å². The summed E-state index contributed by atoms with van der Waals surface area (Å²) < 4.78 is 12.1. The Labute approximate surface area is 144 Å². The second kappa shape index (κ2) is 6.02. The molecule has 1 amide bonds. The average Bonchev–Trinajstić information content (AvgIpc) is 2.66. The van der Waals surface area contributed by atoms with E-state index in [0.717, 1.165) is 10.0 Å². The van der Waals surface area contributed by atoms with Crippen molar-refractivity contribution < 1.29 is 14.3 Å². The molecule has 1 aliphatic heterocycles. The van der Waals surface area contributed by atoms with Crippen molar-refractivity contribution in [1.29, 1.82) is 0 Å². The molecule has 1 aliphatic rings. The predicted octanol–water partition coefficient (Wildman–Crippen LogP) is 5.15. The van der Waals surface area contributed by atoms with Crippen LogP contribution in [-0.4, -0.2) is 28.9 Å². The highest BCUT2D eigenvalue weighted by Crippen LogP contribution is 2.39. The number of ether oxygens (including phenoxy) is 2. The fourth-order valence-corrected chi connectivity index (χ4v) is 2.94. The van der Waals surface area contributed by atoms with Crippen LogP contribution in [0.5, 0.6) is 0 Å². The van der Waals surface area contributed by atoms with Crippen molar-refractivity contribution in [1.82, 2.24) is 4.90 Å². The molecule has 1 saturated heterocycles. The molecule has 22 heavy (non-hydrogen) atoms. The van der Waals surface area contributed by atoms with Crippen LogP contribution in [0.2, 0.25) is 5.02 Å². The summed E-state index contributed by atoms with van der Waals surface area (Å²) >= 11 is 9.47. The van der Waals surface area contributed by atoms with E-state index in [9.17, 15) is 4.79 Å². The maximum absolute atomic E-state index is 12.6. The van der Waals surface area contributed by atoms with Gasteiger partial charge in [0.2, 0.25) is 0 Å². The van der Waals surface area contributed by atoms with E-state index < -0.39 is 11.3 Å². The first-order valence-corrected chi connectivity index (χ1v) is 8.29. The highest BCUT2D eigenvalue weighted by atomic mass is 79.9. The number of benzene rings is 1. The van der Waals surface area contributed by atoms with Gasteiger partial charge < -0.3 is 9.47 Å². The van der Waals surface area contributed by atoms with Gasteiger partial charge in [0.05, 0.1) is 17.7 Å². The smallest absolute Gasteiger partial charge is 0.413 e. The zero-order valence-corrected chi connectivity index (χ0v) is 15.8. The number of rotatable bonds is 1. The quantitative estimate of drug-likeness (QED) is 0.666. The molecule has 0 N–H and O–H groups in total. The molecular formula is C16H21BrClNO3. The molecule has 122 valence electrons. The number of nitrogens with zero attached hydrogens (tertiary/aromatic N) is 1. The highest BCUT2D eigenvalue weighted by Gasteiger charge is 2.46. The third-order valence-electron chi connectivity index (χ3n) is 3.40. The standard InChI is InChI=1S/C16H21BrClNO3/c1-15(2,3)22-14(20)19-13(9-21-16(19,4)5)10-6-7-12(18)11(17)8-10/h6-8,13H,9H2,1-5H3/t13-/m1/s1. The number of amides is 1. The van der Waals surface area contributed by atoms with Crippen LogP contribution in [0.4, 0.5) is 4.79 Å². The molecular weight excluding hydrogens is 370 g/mol. The first-order chi connectivity index (χ1) is 10.0. The van der Waals surface area contributed by atoms with Crippen LogP contribution in [0, 0.1) is 0 Å². The minimum absolute atomic E-state index is 0.210. The lowest BCUT2D eigenvalue weighted by Gasteiger charge is -2.35. The van der Waals surface area contributed by atoms with Crippen LogP contribution in [-0.2, 0) is 9.47 Å². The zero-order chi connectivity index (χ0) is 16.7. The zero-order valence-electron chi connectivity index (χ0n) is 13.4. The Kier molecular flexibility index (Phi) is 4.81. The maximum Gasteiger partial charge on any atom is 0.413 e. The van der Waals surface area contributed by atoms with Gasteiger partial charge in [0.15, 0.2) is 0 Å². The number of hydrogen-bond donors (Lipinski definition) is 0. The van der Waals surface area contributed by atoms with Gasteiger partial charge in [-0.1, -0.05) is 17.7 Å². The molecule has 6 heteroatoms. The molecule has 0 spiro atoms. The molecule has 0 unspecified atom stereocenters. The first-order valence-electron chi connectivity index (χ1n) is 7.12. The molecule has 0 radical (unpaired) electrons. The Bertz CT molecular complexity index is 583. The van der Waals surface area contributed by atoms with Gasteiger partial charge >= 0.3 is 6.09 Å². The van der Waals surface area contributed by atoms with Crippen LogP contribution >= 0.6 is 27.5 Å². The van der Waals surface area contributed by atoms with Gasteiger partial charge in [0.1, 0.15) is 11.3 Å². The molecule has 2 rings (SSSR count). The van der Waals surface area contributed by atoms with E-state index in [-0.39, 0.29) is 12.1 Å². The number of carbonyl (C=O) groups excluding carboxylic acids is 1. The number of halogens is 2. The van der Waals surface area contributed by atoms with Gasteiger partial charge in [-0.2, -0.15) is 0 Å². The topological polar surface area (TPSA) is 38.8 Å². The van der Waals surface area contributed by atoms with Gasteiger partial charge in [-0.05, 0) is 68.2 Å². The maximum atomic E-state index is 12.6. The molecule has 0 saturated carbocycles. The van der Waals surface area contributed by atoms with Crippen molar-refractivity contribution in [3.05, 3.63) is 33.3 Å². The Morgan fingerprint density at radius 3 is 2.64 bits per heavy atom. The normalized spacial score (nSPS) is 21.0. The Balaban J connectivity index is 2.33. The Hall–Kier alpha value is -0.780. The van der Waals surface area contributed by atoms with Gasteiger partial charge in [0, 0.05) is 4.47 Å². The molecule has 1 aromatic carbocycles. The SMILES string of the molecule is CC(C)(C)OC(=O)N1[C@@H](c2ccc(Cl)c(Br)c2)COC1(C)C. The van der Waals surface area contributed by atoms with Gasteiger partial charge in [-0.3, -0.25) is 4.90 Å². The van der Waals surface area contributed by atoms with Gasteiger partial charge in [0.25, 0.3) is 0 Å². The summed E-state index contributed by atoms with van der Waals surface area (Å²) in [5.74, 6) is 0. The van der Waals surface area contributed by atoms with Crippen LogP contribution < -0.4 is 0 Å². The van der Waals surface area contributed by atoms with Crippen molar-refractivity contribution in [3.8, 4) is 0 Å². The minimum Gasteiger partial charge on any atom is -0.444 e. The number of carbonyl (C=O) groups is 1. The van der Waals surface area contributed by atoms with E-state index >= 15 is 0 Å². The van der Waals surface area contributed by atoms with Crippen LogP contribution in [0.25, 0.3) is 0 Å². The lowest BCUT2D eigenvalue weighted by atomic mass is 10.1.